The van der Waals surface area contributed by atoms with Gasteiger partial charge in [0.15, 0.2) is 0 Å². The third-order valence-corrected chi connectivity index (χ3v) is 5.04. The van der Waals surface area contributed by atoms with Gasteiger partial charge in [0, 0.05) is 36.3 Å². The summed E-state index contributed by atoms with van der Waals surface area (Å²) in [7, 11) is 1.69. The third-order valence-electron chi connectivity index (χ3n) is 4.06. The molecule has 1 aliphatic heterocycles. The molecular weight excluding hydrogens is 302 g/mol. The molecule has 1 saturated heterocycles. The minimum absolute atomic E-state index is 0.0860. The van der Waals surface area contributed by atoms with Crippen molar-refractivity contribution in [3.63, 3.8) is 0 Å². The minimum atomic E-state index is -0.363. The van der Waals surface area contributed by atoms with E-state index in [1.54, 1.807) is 18.8 Å². The fraction of sp³-hybridized carbons (Fsp3) is 0.467. The number of hydrogen-bond acceptors (Lipinski definition) is 4. The highest BCUT2D eigenvalue weighted by atomic mass is 32.2. The molecule has 1 atom stereocenters. The molecule has 1 aliphatic rings. The van der Waals surface area contributed by atoms with Gasteiger partial charge in [-0.1, -0.05) is 18.3 Å². The van der Waals surface area contributed by atoms with Gasteiger partial charge in [0.05, 0.1) is 5.41 Å². The summed E-state index contributed by atoms with van der Waals surface area (Å²) in [5.74, 6) is 0.0860. The Labute approximate surface area is 135 Å². The topological polar surface area (TPSA) is 58.4 Å². The number of nitrogens with zero attached hydrogens (tertiary/aromatic N) is 1. The van der Waals surface area contributed by atoms with E-state index in [9.17, 15) is 4.79 Å². The number of nitrogens with one attached hydrogen (secondary N) is 1. The molecular formula is C15H21N3OS2. The highest BCUT2D eigenvalue weighted by Crippen LogP contribution is 2.37. The van der Waals surface area contributed by atoms with Crippen molar-refractivity contribution in [1.82, 2.24) is 5.32 Å². The predicted molar refractivity (Wildman–Crippen MR) is 93.1 cm³/mol. The summed E-state index contributed by atoms with van der Waals surface area (Å²) < 4.78 is 0. The number of anilines is 1. The summed E-state index contributed by atoms with van der Waals surface area (Å²) in [5.41, 5.74) is 7.51. The zero-order valence-electron chi connectivity index (χ0n) is 12.6. The molecule has 2 rings (SSSR count). The average molecular weight is 323 g/mol. The van der Waals surface area contributed by atoms with E-state index in [0.29, 0.717) is 11.5 Å². The molecule has 1 unspecified atom stereocenters. The molecule has 1 heterocycles. The summed E-state index contributed by atoms with van der Waals surface area (Å²) in [6.45, 7) is 3.52. The second-order valence-electron chi connectivity index (χ2n) is 5.53. The van der Waals surface area contributed by atoms with Crippen LogP contribution in [-0.2, 0) is 4.79 Å². The van der Waals surface area contributed by atoms with E-state index >= 15 is 0 Å². The Balaban J connectivity index is 2.36. The maximum absolute atomic E-state index is 12.1. The maximum Gasteiger partial charge on any atom is 0.227 e. The quantitative estimate of drug-likeness (QED) is 0.656. The number of amides is 1. The van der Waals surface area contributed by atoms with E-state index in [1.165, 1.54) is 0 Å². The van der Waals surface area contributed by atoms with E-state index in [2.05, 4.69) is 10.2 Å². The van der Waals surface area contributed by atoms with Gasteiger partial charge < -0.3 is 16.0 Å². The Kier molecular flexibility index (Phi) is 4.78. The smallest absolute Gasteiger partial charge is 0.227 e. The van der Waals surface area contributed by atoms with Crippen LogP contribution in [0.4, 0.5) is 5.69 Å². The lowest BCUT2D eigenvalue weighted by Crippen LogP contribution is -2.39. The first kappa shape index (κ1) is 16.1. The molecule has 21 heavy (non-hydrogen) atoms. The highest BCUT2D eigenvalue weighted by molar-refractivity contribution is 7.98. The highest BCUT2D eigenvalue weighted by Gasteiger charge is 2.40. The Morgan fingerprint density at radius 1 is 1.52 bits per heavy atom. The van der Waals surface area contributed by atoms with Gasteiger partial charge in [0.2, 0.25) is 5.91 Å². The Hall–Kier alpha value is -1.27. The number of carbonyl (C=O) groups is 1. The van der Waals surface area contributed by atoms with Gasteiger partial charge in [0.25, 0.3) is 0 Å². The van der Waals surface area contributed by atoms with Crippen LogP contribution >= 0.6 is 24.0 Å². The van der Waals surface area contributed by atoms with E-state index < -0.39 is 0 Å². The normalized spacial score (nSPS) is 21.4. The third kappa shape index (κ3) is 3.01. The molecule has 114 valence electrons. The summed E-state index contributed by atoms with van der Waals surface area (Å²) in [5, 5.41) is 2.76. The molecule has 0 saturated carbocycles. The molecule has 0 aromatic heterocycles. The van der Waals surface area contributed by atoms with Crippen LogP contribution in [0.15, 0.2) is 23.1 Å². The summed E-state index contributed by atoms with van der Waals surface area (Å²) in [6, 6.07) is 6.07. The van der Waals surface area contributed by atoms with E-state index in [4.69, 9.17) is 18.0 Å². The van der Waals surface area contributed by atoms with Crippen molar-refractivity contribution in [2.24, 2.45) is 11.1 Å². The zero-order chi connectivity index (χ0) is 15.6. The summed E-state index contributed by atoms with van der Waals surface area (Å²) in [6.07, 6.45) is 2.84. The molecule has 4 nitrogen and oxygen atoms in total. The van der Waals surface area contributed by atoms with Gasteiger partial charge in [-0.25, -0.2) is 0 Å². The molecule has 0 aliphatic carbocycles. The van der Waals surface area contributed by atoms with Crippen LogP contribution < -0.4 is 16.0 Å². The second kappa shape index (κ2) is 6.23. The van der Waals surface area contributed by atoms with Crippen molar-refractivity contribution in [1.29, 1.82) is 0 Å². The first-order valence-electron chi connectivity index (χ1n) is 6.87. The lowest BCUT2D eigenvalue weighted by atomic mass is 9.89. The summed E-state index contributed by atoms with van der Waals surface area (Å²) >= 11 is 6.86. The molecule has 3 N–H and O–H groups in total. The predicted octanol–water partition coefficient (Wildman–Crippen LogP) is 2.01. The fourth-order valence-corrected chi connectivity index (χ4v) is 3.77. The van der Waals surface area contributed by atoms with E-state index in [1.807, 2.05) is 31.4 Å². The number of benzene rings is 1. The van der Waals surface area contributed by atoms with E-state index in [0.717, 1.165) is 29.1 Å². The van der Waals surface area contributed by atoms with Gasteiger partial charge in [0.1, 0.15) is 4.99 Å². The summed E-state index contributed by atoms with van der Waals surface area (Å²) in [4.78, 5) is 15.8. The van der Waals surface area contributed by atoms with Crippen molar-refractivity contribution < 1.29 is 4.79 Å². The number of hydrogen-bond donors (Lipinski definition) is 2. The Bertz CT molecular complexity index is 576. The van der Waals surface area contributed by atoms with Crippen LogP contribution in [-0.4, -0.2) is 37.3 Å². The van der Waals surface area contributed by atoms with Crippen LogP contribution in [0.3, 0.4) is 0 Å². The lowest BCUT2D eigenvalue weighted by molar-refractivity contribution is -0.128. The molecule has 0 spiro atoms. The fourth-order valence-electron chi connectivity index (χ4n) is 2.85. The average Bonchev–Trinajstić information content (AvgIpc) is 2.89. The van der Waals surface area contributed by atoms with Crippen LogP contribution in [0, 0.1) is 5.41 Å². The molecule has 1 aromatic rings. The SMILES string of the molecule is CNC(=O)C1(C)CCN(c2cccc(SC)c2C(N)=S)C1. The number of nitrogens with two attached hydrogens (primary N) is 1. The van der Waals surface area contributed by atoms with Crippen molar-refractivity contribution in [3.8, 4) is 0 Å². The molecule has 6 heteroatoms. The van der Waals surface area contributed by atoms with Gasteiger partial charge in [-0.05, 0) is 31.7 Å². The monoisotopic (exact) mass is 323 g/mol. The van der Waals surface area contributed by atoms with Crippen molar-refractivity contribution in [2.75, 3.05) is 31.3 Å². The molecule has 1 aromatic carbocycles. The standard InChI is InChI=1S/C15H21N3OS2/c1-15(14(19)17-2)7-8-18(9-15)10-5-4-6-11(21-3)12(10)13(16)20/h4-6H,7-9H2,1-3H3,(H2,16,20)(H,17,19). The number of rotatable bonds is 4. The Morgan fingerprint density at radius 2 is 2.24 bits per heavy atom. The molecule has 0 bridgehead atoms. The zero-order valence-corrected chi connectivity index (χ0v) is 14.2. The minimum Gasteiger partial charge on any atom is -0.389 e. The number of thiocarbonyl (C=S) groups is 1. The lowest BCUT2D eigenvalue weighted by Gasteiger charge is -2.26. The first-order chi connectivity index (χ1) is 9.92. The molecule has 1 fully saturated rings. The molecule has 0 radical (unpaired) electrons. The van der Waals surface area contributed by atoms with Gasteiger partial charge in [-0.15, -0.1) is 11.8 Å². The van der Waals surface area contributed by atoms with Gasteiger partial charge in [-0.3, -0.25) is 4.79 Å². The van der Waals surface area contributed by atoms with E-state index in [-0.39, 0.29) is 11.3 Å². The maximum atomic E-state index is 12.1. The molecule has 1 amide bonds. The van der Waals surface area contributed by atoms with Crippen molar-refractivity contribution >= 4 is 40.6 Å². The van der Waals surface area contributed by atoms with Crippen LogP contribution in [0.25, 0.3) is 0 Å². The van der Waals surface area contributed by atoms with Gasteiger partial charge >= 0.3 is 0 Å². The Morgan fingerprint density at radius 3 is 2.81 bits per heavy atom. The second-order valence-corrected chi connectivity index (χ2v) is 6.82. The number of carbonyl (C=O) groups excluding carboxylic acids is 1. The van der Waals surface area contributed by atoms with Crippen LogP contribution in [0.2, 0.25) is 0 Å². The van der Waals surface area contributed by atoms with Gasteiger partial charge in [-0.2, -0.15) is 0 Å². The van der Waals surface area contributed by atoms with Crippen LogP contribution in [0.1, 0.15) is 18.9 Å². The number of thioether (sulfide) groups is 1. The first-order valence-corrected chi connectivity index (χ1v) is 8.50. The van der Waals surface area contributed by atoms with Crippen molar-refractivity contribution in [2.45, 2.75) is 18.2 Å². The largest absolute Gasteiger partial charge is 0.389 e. The van der Waals surface area contributed by atoms with Crippen LogP contribution in [0.5, 0.6) is 0 Å². The van der Waals surface area contributed by atoms with Crippen molar-refractivity contribution in [3.05, 3.63) is 23.8 Å².